The Morgan fingerprint density at radius 1 is 0.755 bits per heavy atom. The molecule has 2 heterocycles. The fourth-order valence-electron chi connectivity index (χ4n) is 7.55. The number of nitrogens with one attached hydrogen (secondary N) is 1. The molecule has 6 rings (SSSR count). The Morgan fingerprint density at radius 2 is 1.17 bits per heavy atom. The molecule has 1 N–H and O–H groups in total. The smallest absolute Gasteiger partial charge is 0.248 e. The molecule has 0 spiro atoms. The molecular formula is C40H58F4N6O2S. The van der Waals surface area contributed by atoms with Gasteiger partial charge in [0.2, 0.25) is 21.9 Å². The fourth-order valence-corrected chi connectivity index (χ4v) is 8.37. The van der Waals surface area contributed by atoms with Crippen molar-refractivity contribution in [3.8, 4) is 0 Å². The van der Waals surface area contributed by atoms with Gasteiger partial charge in [-0.3, -0.25) is 4.31 Å². The second-order valence-corrected chi connectivity index (χ2v) is 19.5. The number of hydrogen-bond donors (Lipinski definition) is 1. The minimum atomic E-state index is -3.36. The summed E-state index contributed by atoms with van der Waals surface area (Å²) in [7, 11) is 0.0817. The van der Waals surface area contributed by atoms with E-state index in [0.29, 0.717) is 43.8 Å². The van der Waals surface area contributed by atoms with Gasteiger partial charge < -0.3 is 14.5 Å². The van der Waals surface area contributed by atoms with Crippen LogP contribution in [-0.2, 0) is 33.9 Å². The maximum atomic E-state index is 13.6. The van der Waals surface area contributed by atoms with Crippen molar-refractivity contribution in [1.82, 2.24) is 19.1 Å². The van der Waals surface area contributed by atoms with Crippen molar-refractivity contribution in [2.75, 3.05) is 29.5 Å². The highest BCUT2D eigenvalue weighted by Crippen LogP contribution is 2.40. The zero-order chi connectivity index (χ0) is 39.1. The van der Waals surface area contributed by atoms with E-state index in [1.807, 2.05) is 19.2 Å². The van der Waals surface area contributed by atoms with Crippen molar-refractivity contribution in [3.05, 3.63) is 48.0 Å². The number of hydrogen-bond acceptors (Lipinski definition) is 5. The predicted molar refractivity (Wildman–Crippen MR) is 208 cm³/mol. The summed E-state index contributed by atoms with van der Waals surface area (Å²) in [4.78, 5) is 9.68. The molecule has 0 bridgehead atoms. The molecule has 2 aliphatic rings. The maximum absolute atomic E-state index is 13.6. The van der Waals surface area contributed by atoms with Gasteiger partial charge >= 0.3 is 0 Å². The first-order chi connectivity index (χ1) is 24.5. The van der Waals surface area contributed by atoms with Crippen LogP contribution in [-0.4, -0.2) is 59.2 Å². The number of benzene rings is 2. The van der Waals surface area contributed by atoms with Crippen LogP contribution in [0.25, 0.3) is 22.1 Å². The van der Waals surface area contributed by atoms with E-state index in [4.69, 9.17) is 9.97 Å². The van der Waals surface area contributed by atoms with Crippen molar-refractivity contribution < 1.29 is 26.0 Å². The molecule has 8 nitrogen and oxygen atoms in total. The summed E-state index contributed by atoms with van der Waals surface area (Å²) in [6.07, 6.45) is 2.10. The van der Waals surface area contributed by atoms with E-state index in [0.717, 1.165) is 45.9 Å². The van der Waals surface area contributed by atoms with Gasteiger partial charge in [0.25, 0.3) is 0 Å². The largest absolute Gasteiger partial charge is 0.388 e. The summed E-state index contributed by atoms with van der Waals surface area (Å²) in [6, 6.07) is 11.7. The average molecular weight is 763 g/mol. The summed E-state index contributed by atoms with van der Waals surface area (Å²) < 4.78 is 84.1. The minimum absolute atomic E-state index is 0.0129. The third-order valence-corrected chi connectivity index (χ3v) is 12.6. The molecule has 0 atom stereocenters. The standard InChI is InChI=1S/C21H31F2N3O2S.C19H27F2N3/c1-6-29(27,28)25(5)16-7-8-18-17(13-16)24-19(20(2,3)4)26(18)14-15-9-11-21(22,23)12-10-15;1-18(2,3)17-23-15-11-14(22-4)5-6-16(15)24(17)12-13-7-9-19(20,21)10-8-13/h7-8,13,15H,6,9-12,14H2,1-5H3;5-6,11,13,22H,7-10,12H2,1-4H3. The molecular weight excluding hydrogens is 705 g/mol. The van der Waals surface area contributed by atoms with Gasteiger partial charge in [0.1, 0.15) is 11.6 Å². The monoisotopic (exact) mass is 762 g/mol. The quantitative estimate of drug-likeness (QED) is 0.181. The normalized spacial score (nSPS) is 18.6. The van der Waals surface area contributed by atoms with Crippen LogP contribution in [0.3, 0.4) is 0 Å². The Labute approximate surface area is 312 Å². The van der Waals surface area contributed by atoms with Gasteiger partial charge in [-0.05, 0) is 80.8 Å². The van der Waals surface area contributed by atoms with Gasteiger partial charge in [-0.25, -0.2) is 35.9 Å². The van der Waals surface area contributed by atoms with Crippen molar-refractivity contribution in [2.24, 2.45) is 11.8 Å². The van der Waals surface area contributed by atoms with Crippen LogP contribution in [0.1, 0.15) is 111 Å². The molecule has 0 saturated heterocycles. The zero-order valence-electron chi connectivity index (χ0n) is 32.9. The Hall–Kier alpha value is -3.35. The predicted octanol–water partition coefficient (Wildman–Crippen LogP) is 10.1. The van der Waals surface area contributed by atoms with Crippen LogP contribution < -0.4 is 9.62 Å². The molecule has 4 aromatic rings. The molecule has 13 heteroatoms. The van der Waals surface area contributed by atoms with Crippen LogP contribution in [0.4, 0.5) is 28.9 Å². The second-order valence-electron chi connectivity index (χ2n) is 17.2. The number of imidazole rings is 2. The van der Waals surface area contributed by atoms with E-state index in [1.54, 1.807) is 26.1 Å². The molecule has 2 aromatic heterocycles. The number of halogens is 4. The van der Waals surface area contributed by atoms with Crippen molar-refractivity contribution in [3.63, 3.8) is 0 Å². The van der Waals surface area contributed by atoms with Crippen LogP contribution in [0.15, 0.2) is 36.4 Å². The number of nitrogens with zero attached hydrogens (tertiary/aromatic N) is 5. The lowest BCUT2D eigenvalue weighted by atomic mass is 9.86. The van der Waals surface area contributed by atoms with Crippen molar-refractivity contribution in [1.29, 1.82) is 0 Å². The van der Waals surface area contributed by atoms with Crippen LogP contribution in [0, 0.1) is 11.8 Å². The molecule has 53 heavy (non-hydrogen) atoms. The summed E-state index contributed by atoms with van der Waals surface area (Å²) >= 11 is 0. The SMILES string of the molecule is CCS(=O)(=O)N(C)c1ccc2c(c1)nc(C(C)(C)C)n2CC1CCC(F)(F)CC1.CNc1ccc2c(c1)nc(C(C)(C)C)n2CC1CCC(F)(F)CC1. The summed E-state index contributed by atoms with van der Waals surface area (Å²) in [5.74, 6) is -2.57. The summed E-state index contributed by atoms with van der Waals surface area (Å²) in [6.45, 7) is 15.7. The summed E-state index contributed by atoms with van der Waals surface area (Å²) in [5.41, 5.74) is 5.00. The third kappa shape index (κ3) is 9.49. The number of sulfonamides is 1. The van der Waals surface area contributed by atoms with Gasteiger partial charge in [0, 0.05) is 69.4 Å². The van der Waals surface area contributed by atoms with Gasteiger partial charge in [-0.2, -0.15) is 0 Å². The van der Waals surface area contributed by atoms with E-state index in [1.165, 1.54) is 4.31 Å². The van der Waals surface area contributed by atoms with Crippen LogP contribution in [0.2, 0.25) is 0 Å². The molecule has 2 fully saturated rings. The first kappa shape index (κ1) is 40.8. The Morgan fingerprint density at radius 3 is 1.57 bits per heavy atom. The maximum Gasteiger partial charge on any atom is 0.248 e. The molecule has 2 aliphatic carbocycles. The molecule has 0 amide bonds. The Bertz CT molecular complexity index is 1990. The van der Waals surface area contributed by atoms with Crippen molar-refractivity contribution >= 4 is 43.5 Å². The van der Waals surface area contributed by atoms with Crippen LogP contribution in [0.5, 0.6) is 0 Å². The van der Waals surface area contributed by atoms with E-state index in [2.05, 4.69) is 68.1 Å². The first-order valence-electron chi connectivity index (χ1n) is 18.9. The molecule has 294 valence electrons. The third-order valence-electron chi connectivity index (χ3n) is 10.8. The lowest BCUT2D eigenvalue weighted by Crippen LogP contribution is -2.28. The number of aromatic nitrogens is 4. The van der Waals surface area contributed by atoms with Gasteiger partial charge in [0.05, 0.1) is 33.5 Å². The van der Waals surface area contributed by atoms with E-state index < -0.39 is 21.9 Å². The first-order valence-corrected chi connectivity index (χ1v) is 20.6. The topological polar surface area (TPSA) is 85.1 Å². The van der Waals surface area contributed by atoms with Gasteiger partial charge in [0.15, 0.2) is 0 Å². The zero-order valence-corrected chi connectivity index (χ0v) is 33.7. The van der Waals surface area contributed by atoms with E-state index in [9.17, 15) is 26.0 Å². The van der Waals surface area contributed by atoms with E-state index in [-0.39, 0.29) is 48.2 Å². The highest BCUT2D eigenvalue weighted by Gasteiger charge is 2.37. The second kappa shape index (κ2) is 15.1. The highest BCUT2D eigenvalue weighted by molar-refractivity contribution is 7.92. The van der Waals surface area contributed by atoms with Crippen molar-refractivity contribution in [2.45, 2.75) is 136 Å². The average Bonchev–Trinajstić information content (AvgIpc) is 3.64. The molecule has 0 aliphatic heterocycles. The lowest BCUT2D eigenvalue weighted by molar-refractivity contribution is -0.0478. The number of fused-ring (bicyclic) bond motifs is 2. The lowest BCUT2D eigenvalue weighted by Gasteiger charge is -2.30. The fraction of sp³-hybridized carbons (Fsp3) is 0.650. The Balaban J connectivity index is 0.000000208. The van der Waals surface area contributed by atoms with E-state index >= 15 is 0 Å². The number of anilines is 2. The van der Waals surface area contributed by atoms with Gasteiger partial charge in [-0.15, -0.1) is 0 Å². The minimum Gasteiger partial charge on any atom is -0.388 e. The molecule has 0 radical (unpaired) electrons. The van der Waals surface area contributed by atoms with Crippen LogP contribution >= 0.6 is 0 Å². The summed E-state index contributed by atoms with van der Waals surface area (Å²) in [5, 5.41) is 3.14. The number of alkyl halides is 4. The molecule has 2 saturated carbocycles. The molecule has 0 unspecified atom stereocenters. The molecule has 2 aromatic carbocycles. The number of rotatable bonds is 8. The van der Waals surface area contributed by atoms with Gasteiger partial charge in [-0.1, -0.05) is 41.5 Å². The highest BCUT2D eigenvalue weighted by atomic mass is 32.2. The Kier molecular flexibility index (Phi) is 11.6.